The van der Waals surface area contributed by atoms with Crippen LogP contribution in [0.25, 0.3) is 0 Å². The van der Waals surface area contributed by atoms with Gasteiger partial charge in [-0.05, 0) is 37.1 Å². The topological polar surface area (TPSA) is 49.5 Å². The largest absolute Gasteiger partial charge is 0.395 e. The molecular formula is C15H25BrN2O. The standard InChI is InChI=1S/C15H25BrN2O/c1-3-9-18(10-11-19)15(14(17)4-2)12-5-7-13(16)8-6-12/h5-8,14-15,19H,3-4,9-11,17H2,1-2H3. The van der Waals surface area contributed by atoms with E-state index in [0.717, 1.165) is 23.9 Å². The van der Waals surface area contributed by atoms with E-state index < -0.39 is 0 Å². The zero-order valence-electron chi connectivity index (χ0n) is 11.8. The molecule has 1 aromatic carbocycles. The van der Waals surface area contributed by atoms with Crippen molar-refractivity contribution in [2.45, 2.75) is 38.8 Å². The molecule has 0 aliphatic rings. The van der Waals surface area contributed by atoms with Crippen LogP contribution in [0.15, 0.2) is 28.7 Å². The maximum Gasteiger partial charge on any atom is 0.0558 e. The minimum absolute atomic E-state index is 0.0827. The number of nitrogens with two attached hydrogens (primary N) is 1. The molecule has 1 rings (SSSR count). The second-order valence-electron chi connectivity index (χ2n) is 4.83. The van der Waals surface area contributed by atoms with Gasteiger partial charge >= 0.3 is 0 Å². The Hall–Kier alpha value is -0.420. The first-order valence-electron chi connectivity index (χ1n) is 7.00. The molecule has 19 heavy (non-hydrogen) atoms. The predicted octanol–water partition coefficient (Wildman–Crippen LogP) is 2.93. The van der Waals surface area contributed by atoms with Gasteiger partial charge in [-0.2, -0.15) is 0 Å². The molecule has 0 amide bonds. The lowest BCUT2D eigenvalue weighted by Crippen LogP contribution is -2.42. The minimum atomic E-state index is 0.0827. The van der Waals surface area contributed by atoms with Crippen LogP contribution in [0.3, 0.4) is 0 Å². The Labute approximate surface area is 124 Å². The number of hydrogen-bond acceptors (Lipinski definition) is 3. The number of rotatable bonds is 8. The van der Waals surface area contributed by atoms with Crippen LogP contribution in [0.2, 0.25) is 0 Å². The molecule has 4 heteroatoms. The van der Waals surface area contributed by atoms with E-state index in [4.69, 9.17) is 5.73 Å². The van der Waals surface area contributed by atoms with Crippen molar-refractivity contribution < 1.29 is 5.11 Å². The minimum Gasteiger partial charge on any atom is -0.395 e. The second-order valence-corrected chi connectivity index (χ2v) is 5.74. The van der Waals surface area contributed by atoms with Gasteiger partial charge < -0.3 is 10.8 Å². The van der Waals surface area contributed by atoms with E-state index >= 15 is 0 Å². The SMILES string of the molecule is CCCN(CCO)C(c1ccc(Br)cc1)C(N)CC. The summed E-state index contributed by atoms with van der Waals surface area (Å²) < 4.78 is 1.07. The summed E-state index contributed by atoms with van der Waals surface area (Å²) in [6.07, 6.45) is 1.98. The Balaban J connectivity index is 3.00. The Morgan fingerprint density at radius 2 is 1.84 bits per heavy atom. The van der Waals surface area contributed by atoms with E-state index in [2.05, 4.69) is 46.8 Å². The number of nitrogens with zero attached hydrogens (tertiary/aromatic N) is 1. The number of benzene rings is 1. The number of aliphatic hydroxyl groups excluding tert-OH is 1. The fourth-order valence-electron chi connectivity index (χ4n) is 2.42. The van der Waals surface area contributed by atoms with Gasteiger partial charge in [0.05, 0.1) is 6.61 Å². The number of aliphatic hydroxyl groups is 1. The third kappa shape index (κ3) is 4.88. The summed E-state index contributed by atoms with van der Waals surface area (Å²) >= 11 is 3.46. The van der Waals surface area contributed by atoms with Gasteiger partial charge in [0.1, 0.15) is 0 Å². The molecule has 108 valence electrons. The molecule has 0 aliphatic carbocycles. The van der Waals surface area contributed by atoms with Crippen LogP contribution in [0, 0.1) is 0 Å². The summed E-state index contributed by atoms with van der Waals surface area (Å²) in [6.45, 7) is 6.06. The fraction of sp³-hybridized carbons (Fsp3) is 0.600. The zero-order valence-corrected chi connectivity index (χ0v) is 13.4. The molecule has 0 saturated carbocycles. The third-order valence-corrected chi connectivity index (χ3v) is 3.91. The van der Waals surface area contributed by atoms with E-state index in [1.165, 1.54) is 5.56 Å². The first-order chi connectivity index (χ1) is 9.13. The molecule has 0 aromatic heterocycles. The van der Waals surface area contributed by atoms with Crippen molar-refractivity contribution in [3.05, 3.63) is 34.3 Å². The van der Waals surface area contributed by atoms with Crippen LogP contribution in [-0.4, -0.2) is 35.7 Å². The molecule has 3 nitrogen and oxygen atoms in total. The van der Waals surface area contributed by atoms with Gasteiger partial charge in [0.15, 0.2) is 0 Å². The summed E-state index contributed by atoms with van der Waals surface area (Å²) in [6, 6.07) is 8.58. The van der Waals surface area contributed by atoms with Gasteiger partial charge in [-0.3, -0.25) is 4.90 Å². The normalized spacial score (nSPS) is 14.6. The average molecular weight is 329 g/mol. The number of hydrogen-bond donors (Lipinski definition) is 2. The summed E-state index contributed by atoms with van der Waals surface area (Å²) in [5, 5.41) is 9.27. The highest BCUT2D eigenvalue weighted by Gasteiger charge is 2.24. The number of halogens is 1. The molecule has 2 unspecified atom stereocenters. The predicted molar refractivity (Wildman–Crippen MR) is 84.1 cm³/mol. The van der Waals surface area contributed by atoms with Crippen LogP contribution in [0.5, 0.6) is 0 Å². The van der Waals surface area contributed by atoms with Gasteiger partial charge in [0.25, 0.3) is 0 Å². The molecule has 1 aromatic rings. The van der Waals surface area contributed by atoms with Crippen LogP contribution in [0.4, 0.5) is 0 Å². The molecule has 0 aliphatic heterocycles. The van der Waals surface area contributed by atoms with Gasteiger partial charge in [0, 0.05) is 23.1 Å². The molecule has 0 radical (unpaired) electrons. The average Bonchev–Trinajstić information content (AvgIpc) is 2.41. The van der Waals surface area contributed by atoms with Crippen molar-refractivity contribution in [3.63, 3.8) is 0 Å². The first kappa shape index (κ1) is 16.6. The molecule has 2 atom stereocenters. The third-order valence-electron chi connectivity index (χ3n) is 3.38. The lowest BCUT2D eigenvalue weighted by molar-refractivity contribution is 0.132. The van der Waals surface area contributed by atoms with Crippen LogP contribution >= 0.6 is 15.9 Å². The lowest BCUT2D eigenvalue weighted by atomic mass is 9.96. The molecule has 3 N–H and O–H groups in total. The first-order valence-corrected chi connectivity index (χ1v) is 7.79. The monoisotopic (exact) mass is 328 g/mol. The van der Waals surface area contributed by atoms with Gasteiger partial charge in [-0.1, -0.05) is 41.9 Å². The van der Waals surface area contributed by atoms with Crippen molar-refractivity contribution >= 4 is 15.9 Å². The lowest BCUT2D eigenvalue weighted by Gasteiger charge is -2.35. The highest BCUT2D eigenvalue weighted by atomic mass is 79.9. The van der Waals surface area contributed by atoms with Crippen molar-refractivity contribution in [1.29, 1.82) is 0 Å². The van der Waals surface area contributed by atoms with E-state index in [1.807, 2.05) is 12.1 Å². The summed E-state index contributed by atoms with van der Waals surface area (Å²) in [7, 11) is 0. The van der Waals surface area contributed by atoms with Crippen molar-refractivity contribution in [2.75, 3.05) is 19.7 Å². The fourth-order valence-corrected chi connectivity index (χ4v) is 2.68. The summed E-state index contributed by atoms with van der Waals surface area (Å²) in [5.74, 6) is 0. The van der Waals surface area contributed by atoms with E-state index in [-0.39, 0.29) is 18.7 Å². The van der Waals surface area contributed by atoms with Crippen molar-refractivity contribution in [1.82, 2.24) is 4.90 Å². The van der Waals surface area contributed by atoms with Gasteiger partial charge in [0.2, 0.25) is 0 Å². The van der Waals surface area contributed by atoms with E-state index in [1.54, 1.807) is 0 Å². The Morgan fingerprint density at radius 1 is 1.21 bits per heavy atom. The van der Waals surface area contributed by atoms with Crippen LogP contribution in [-0.2, 0) is 0 Å². The molecule has 0 heterocycles. The van der Waals surface area contributed by atoms with Crippen LogP contribution < -0.4 is 5.73 Å². The van der Waals surface area contributed by atoms with Crippen molar-refractivity contribution in [2.24, 2.45) is 5.73 Å². The van der Waals surface area contributed by atoms with E-state index in [9.17, 15) is 5.11 Å². The maximum absolute atomic E-state index is 9.27. The zero-order chi connectivity index (χ0) is 14.3. The Kier molecular flexibility index (Phi) is 7.61. The van der Waals surface area contributed by atoms with E-state index in [0.29, 0.717) is 6.54 Å². The summed E-state index contributed by atoms with van der Waals surface area (Å²) in [5.41, 5.74) is 7.54. The molecular weight excluding hydrogens is 304 g/mol. The Morgan fingerprint density at radius 3 is 2.32 bits per heavy atom. The second kappa shape index (κ2) is 8.69. The summed E-state index contributed by atoms with van der Waals surface area (Å²) in [4.78, 5) is 2.29. The molecule has 0 fully saturated rings. The highest BCUT2D eigenvalue weighted by Crippen LogP contribution is 2.26. The van der Waals surface area contributed by atoms with Crippen LogP contribution in [0.1, 0.15) is 38.3 Å². The van der Waals surface area contributed by atoms with Crippen molar-refractivity contribution in [3.8, 4) is 0 Å². The Bertz CT molecular complexity index is 350. The molecule has 0 spiro atoms. The highest BCUT2D eigenvalue weighted by molar-refractivity contribution is 9.10. The van der Waals surface area contributed by atoms with Gasteiger partial charge in [-0.25, -0.2) is 0 Å². The van der Waals surface area contributed by atoms with Gasteiger partial charge in [-0.15, -0.1) is 0 Å². The smallest absolute Gasteiger partial charge is 0.0558 e. The molecule has 0 saturated heterocycles. The molecule has 0 bridgehead atoms. The maximum atomic E-state index is 9.27. The quantitative estimate of drug-likeness (QED) is 0.771.